The van der Waals surface area contributed by atoms with Gasteiger partial charge in [-0.25, -0.2) is 0 Å². The maximum atomic E-state index is 11.9. The molecule has 5 nitrogen and oxygen atoms in total. The van der Waals surface area contributed by atoms with Gasteiger partial charge < -0.3 is 14.8 Å². The first-order chi connectivity index (χ1) is 9.11. The van der Waals surface area contributed by atoms with Gasteiger partial charge in [0.25, 0.3) is 0 Å². The van der Waals surface area contributed by atoms with Crippen molar-refractivity contribution in [3.63, 3.8) is 0 Å². The van der Waals surface area contributed by atoms with Gasteiger partial charge in [-0.1, -0.05) is 6.92 Å². The average Bonchev–Trinajstić information content (AvgIpc) is 2.99. The highest BCUT2D eigenvalue weighted by molar-refractivity contribution is 8.01. The van der Waals surface area contributed by atoms with Gasteiger partial charge in [-0.2, -0.15) is 0 Å². The van der Waals surface area contributed by atoms with Crippen molar-refractivity contribution in [3.8, 4) is 0 Å². The Morgan fingerprint density at radius 3 is 2.89 bits per heavy atom. The Morgan fingerprint density at radius 1 is 1.47 bits per heavy atom. The zero-order valence-electron chi connectivity index (χ0n) is 11.4. The normalized spacial score (nSPS) is 34.2. The van der Waals surface area contributed by atoms with Crippen molar-refractivity contribution < 1.29 is 19.1 Å². The van der Waals surface area contributed by atoms with E-state index < -0.39 is 0 Å². The summed E-state index contributed by atoms with van der Waals surface area (Å²) in [5.74, 6) is -0.000536. The quantitative estimate of drug-likeness (QED) is 0.790. The molecule has 108 valence electrons. The molecule has 0 aromatic heterocycles. The third kappa shape index (κ3) is 3.63. The van der Waals surface area contributed by atoms with Crippen molar-refractivity contribution in [2.75, 3.05) is 13.2 Å². The number of hydrogen-bond donors (Lipinski definition) is 1. The van der Waals surface area contributed by atoms with E-state index in [0.29, 0.717) is 13.2 Å². The van der Waals surface area contributed by atoms with Crippen molar-refractivity contribution in [2.45, 2.75) is 49.8 Å². The largest absolute Gasteiger partial charge is 0.465 e. The maximum Gasteiger partial charge on any atom is 0.319 e. The lowest BCUT2D eigenvalue weighted by atomic mass is 10.0. The van der Waals surface area contributed by atoms with Gasteiger partial charge in [-0.15, -0.1) is 11.8 Å². The predicted molar refractivity (Wildman–Crippen MR) is 72.7 cm³/mol. The first-order valence-corrected chi connectivity index (χ1v) is 7.80. The van der Waals surface area contributed by atoms with Crippen LogP contribution < -0.4 is 5.32 Å². The summed E-state index contributed by atoms with van der Waals surface area (Å²) < 4.78 is 10.4. The molecule has 0 bridgehead atoms. The van der Waals surface area contributed by atoms with Crippen LogP contribution in [-0.2, 0) is 19.1 Å². The highest BCUT2D eigenvalue weighted by Gasteiger charge is 2.39. The molecule has 0 radical (unpaired) electrons. The Morgan fingerprint density at radius 2 is 2.26 bits per heavy atom. The second-order valence-electron chi connectivity index (χ2n) is 5.02. The molecule has 4 unspecified atom stereocenters. The fourth-order valence-corrected chi connectivity index (χ4v) is 3.98. The van der Waals surface area contributed by atoms with Crippen LogP contribution in [0.4, 0.5) is 0 Å². The average molecular weight is 287 g/mol. The summed E-state index contributed by atoms with van der Waals surface area (Å²) in [5.41, 5.74) is 0. The Bertz CT molecular complexity index is 344. The molecule has 4 atom stereocenters. The number of ether oxygens (including phenoxy) is 2. The number of rotatable bonds is 4. The van der Waals surface area contributed by atoms with Crippen LogP contribution >= 0.6 is 11.8 Å². The van der Waals surface area contributed by atoms with E-state index in [1.54, 1.807) is 6.92 Å². The van der Waals surface area contributed by atoms with Crippen LogP contribution in [0.5, 0.6) is 0 Å². The smallest absolute Gasteiger partial charge is 0.319 e. The number of amides is 1. The topological polar surface area (TPSA) is 64.6 Å². The van der Waals surface area contributed by atoms with Gasteiger partial charge in [0.2, 0.25) is 5.91 Å². The minimum atomic E-state index is -0.308. The lowest BCUT2D eigenvalue weighted by Gasteiger charge is -2.15. The van der Waals surface area contributed by atoms with E-state index in [1.807, 2.05) is 6.92 Å². The highest BCUT2D eigenvalue weighted by atomic mass is 32.2. The number of esters is 1. The van der Waals surface area contributed by atoms with Crippen LogP contribution in [0.3, 0.4) is 0 Å². The lowest BCUT2D eigenvalue weighted by molar-refractivity contribution is -0.143. The molecule has 1 amide bonds. The molecule has 6 heteroatoms. The molecule has 2 fully saturated rings. The van der Waals surface area contributed by atoms with Crippen molar-refractivity contribution in [2.24, 2.45) is 5.92 Å². The predicted octanol–water partition coefficient (Wildman–Crippen LogP) is 1.31. The monoisotopic (exact) mass is 287 g/mol. The molecule has 1 N–H and O–H groups in total. The lowest BCUT2D eigenvalue weighted by Crippen LogP contribution is -2.38. The van der Waals surface area contributed by atoms with E-state index in [-0.39, 0.29) is 34.5 Å². The third-order valence-electron chi connectivity index (χ3n) is 3.46. The summed E-state index contributed by atoms with van der Waals surface area (Å²) in [6.07, 6.45) is 2.22. The Balaban J connectivity index is 1.83. The number of hydrogen-bond acceptors (Lipinski definition) is 5. The molecule has 0 aromatic rings. The fourth-order valence-electron chi connectivity index (χ4n) is 2.47. The first kappa shape index (κ1) is 14.7. The zero-order valence-corrected chi connectivity index (χ0v) is 12.2. The molecular weight excluding hydrogens is 266 g/mol. The first-order valence-electron chi connectivity index (χ1n) is 6.86. The molecule has 2 rings (SSSR count). The molecule has 19 heavy (non-hydrogen) atoms. The van der Waals surface area contributed by atoms with E-state index >= 15 is 0 Å². The molecule has 0 aliphatic carbocycles. The van der Waals surface area contributed by atoms with Crippen molar-refractivity contribution >= 4 is 23.6 Å². The van der Waals surface area contributed by atoms with Crippen LogP contribution in [0.15, 0.2) is 0 Å². The van der Waals surface area contributed by atoms with Crippen LogP contribution in [0.25, 0.3) is 0 Å². The molecule has 0 aromatic carbocycles. The molecule has 2 aliphatic heterocycles. The minimum absolute atomic E-state index is 0.0129. The van der Waals surface area contributed by atoms with E-state index in [4.69, 9.17) is 9.47 Å². The molecule has 0 spiro atoms. The molecule has 0 saturated carbocycles. The van der Waals surface area contributed by atoms with Crippen molar-refractivity contribution in [1.29, 1.82) is 0 Å². The molecular formula is C13H21NO4S. The number of carbonyl (C=O) groups is 2. The van der Waals surface area contributed by atoms with Gasteiger partial charge in [-0.3, -0.25) is 9.59 Å². The SMILES string of the molecule is CCOC(=O)C1SC(NC(=O)C2CCCO2)CC1C. The van der Waals surface area contributed by atoms with Gasteiger partial charge in [0.05, 0.1) is 12.0 Å². The van der Waals surface area contributed by atoms with Gasteiger partial charge in [0, 0.05) is 6.61 Å². The van der Waals surface area contributed by atoms with Crippen LogP contribution in [0.2, 0.25) is 0 Å². The summed E-state index contributed by atoms with van der Waals surface area (Å²) in [6.45, 7) is 4.89. The zero-order chi connectivity index (χ0) is 13.8. The standard InChI is InChI=1S/C13H21NO4S/c1-3-17-13(16)11-8(2)7-10(19-11)14-12(15)9-5-4-6-18-9/h8-11H,3-7H2,1-2H3,(H,14,15). The molecule has 2 heterocycles. The summed E-state index contributed by atoms with van der Waals surface area (Å²) in [4.78, 5) is 23.7. The second-order valence-corrected chi connectivity index (χ2v) is 6.37. The van der Waals surface area contributed by atoms with Crippen LogP contribution in [-0.4, -0.2) is 41.8 Å². The maximum absolute atomic E-state index is 11.9. The summed E-state index contributed by atoms with van der Waals surface area (Å²) in [7, 11) is 0. The summed E-state index contributed by atoms with van der Waals surface area (Å²) in [5, 5.41) is 2.79. The highest BCUT2D eigenvalue weighted by Crippen LogP contribution is 2.37. The van der Waals surface area contributed by atoms with Crippen molar-refractivity contribution in [1.82, 2.24) is 5.32 Å². The van der Waals surface area contributed by atoms with Gasteiger partial charge in [0.15, 0.2) is 0 Å². The summed E-state index contributed by atoms with van der Waals surface area (Å²) in [6, 6.07) is 0. The van der Waals surface area contributed by atoms with Gasteiger partial charge in [-0.05, 0) is 32.1 Å². The van der Waals surface area contributed by atoms with E-state index in [0.717, 1.165) is 19.3 Å². The van der Waals surface area contributed by atoms with Gasteiger partial charge >= 0.3 is 5.97 Å². The Kier molecular flexibility index (Phi) is 5.10. The number of carbonyl (C=O) groups excluding carboxylic acids is 2. The number of nitrogens with one attached hydrogen (secondary N) is 1. The molecule has 2 aliphatic rings. The summed E-state index contributed by atoms with van der Waals surface area (Å²) >= 11 is 1.49. The minimum Gasteiger partial charge on any atom is -0.465 e. The van der Waals surface area contributed by atoms with E-state index in [2.05, 4.69) is 5.32 Å². The van der Waals surface area contributed by atoms with Crippen LogP contribution in [0.1, 0.15) is 33.1 Å². The van der Waals surface area contributed by atoms with E-state index in [1.165, 1.54) is 11.8 Å². The Labute approximate surface area is 117 Å². The third-order valence-corrected chi connectivity index (χ3v) is 5.05. The van der Waals surface area contributed by atoms with Crippen molar-refractivity contribution in [3.05, 3.63) is 0 Å². The number of thioether (sulfide) groups is 1. The Hall–Kier alpha value is -0.750. The second kappa shape index (κ2) is 6.61. The molecule has 2 saturated heterocycles. The fraction of sp³-hybridized carbons (Fsp3) is 0.846. The van der Waals surface area contributed by atoms with Gasteiger partial charge in [0.1, 0.15) is 11.4 Å². The van der Waals surface area contributed by atoms with Crippen LogP contribution in [0, 0.1) is 5.92 Å². The van der Waals surface area contributed by atoms with E-state index in [9.17, 15) is 9.59 Å².